The van der Waals surface area contributed by atoms with Crippen LogP contribution in [0.25, 0.3) is 11.1 Å². The summed E-state index contributed by atoms with van der Waals surface area (Å²) >= 11 is 0. The number of rotatable bonds is 4. The molecule has 23 heavy (non-hydrogen) atoms. The summed E-state index contributed by atoms with van der Waals surface area (Å²) in [5.74, 6) is 1.48. The van der Waals surface area contributed by atoms with Gasteiger partial charge in [-0.25, -0.2) is 4.98 Å². The fourth-order valence-corrected chi connectivity index (χ4v) is 2.28. The Bertz CT molecular complexity index is 870. The van der Waals surface area contributed by atoms with Crippen molar-refractivity contribution in [3.8, 4) is 11.5 Å². The molecular formula is C17H16N2O4. The first kappa shape index (κ1) is 14.9. The highest BCUT2D eigenvalue weighted by atomic mass is 16.5. The normalized spacial score (nSPS) is 10.6. The Kier molecular flexibility index (Phi) is 3.89. The van der Waals surface area contributed by atoms with Gasteiger partial charge in [-0.05, 0) is 30.3 Å². The number of carbonyl (C=O) groups excluding carboxylic acids is 1. The van der Waals surface area contributed by atoms with Gasteiger partial charge in [0.2, 0.25) is 0 Å². The van der Waals surface area contributed by atoms with Gasteiger partial charge in [0, 0.05) is 18.6 Å². The Morgan fingerprint density at radius 1 is 1.13 bits per heavy atom. The van der Waals surface area contributed by atoms with Gasteiger partial charge >= 0.3 is 0 Å². The molecule has 2 aromatic carbocycles. The Morgan fingerprint density at radius 2 is 1.96 bits per heavy atom. The average molecular weight is 312 g/mol. The van der Waals surface area contributed by atoms with E-state index >= 15 is 0 Å². The number of nitrogens with zero attached hydrogens (tertiary/aromatic N) is 1. The molecule has 3 aromatic rings. The maximum atomic E-state index is 12.4. The van der Waals surface area contributed by atoms with Crippen LogP contribution in [-0.2, 0) is 0 Å². The van der Waals surface area contributed by atoms with Crippen LogP contribution in [0, 0.1) is 6.92 Å². The zero-order valence-electron chi connectivity index (χ0n) is 13.0. The first-order chi connectivity index (χ1) is 11.1. The van der Waals surface area contributed by atoms with Crippen molar-refractivity contribution in [2.24, 2.45) is 0 Å². The zero-order valence-corrected chi connectivity index (χ0v) is 13.0. The van der Waals surface area contributed by atoms with Crippen molar-refractivity contribution in [1.29, 1.82) is 0 Å². The molecule has 118 valence electrons. The highest BCUT2D eigenvalue weighted by Crippen LogP contribution is 2.29. The number of amides is 1. The molecule has 0 atom stereocenters. The van der Waals surface area contributed by atoms with E-state index in [-0.39, 0.29) is 5.91 Å². The lowest BCUT2D eigenvalue weighted by molar-refractivity contribution is 0.102. The predicted octanol–water partition coefficient (Wildman–Crippen LogP) is 3.41. The van der Waals surface area contributed by atoms with Gasteiger partial charge in [0.1, 0.15) is 17.0 Å². The van der Waals surface area contributed by atoms with Crippen LogP contribution in [0.4, 0.5) is 5.69 Å². The lowest BCUT2D eigenvalue weighted by Gasteiger charge is -2.11. The van der Waals surface area contributed by atoms with Crippen LogP contribution in [-0.4, -0.2) is 25.1 Å². The van der Waals surface area contributed by atoms with E-state index in [2.05, 4.69) is 10.3 Å². The molecule has 1 N–H and O–H groups in total. The molecule has 0 saturated carbocycles. The minimum Gasteiger partial charge on any atom is -0.497 e. The second kappa shape index (κ2) is 6.00. The standard InChI is InChI=1S/C17H16N2O4/c1-10-18-14-6-4-11(8-16(14)23-10)17(20)19-13-7-5-12(21-2)9-15(13)22-3/h4-9H,1-3H3,(H,19,20). The number of oxazole rings is 1. The second-order valence-electron chi connectivity index (χ2n) is 4.94. The molecule has 0 bridgehead atoms. The maximum Gasteiger partial charge on any atom is 0.255 e. The molecular weight excluding hydrogens is 296 g/mol. The lowest BCUT2D eigenvalue weighted by atomic mass is 10.2. The summed E-state index contributed by atoms with van der Waals surface area (Å²) in [4.78, 5) is 16.6. The molecule has 1 amide bonds. The molecule has 0 aliphatic heterocycles. The van der Waals surface area contributed by atoms with Gasteiger partial charge in [0.05, 0.1) is 19.9 Å². The van der Waals surface area contributed by atoms with Gasteiger partial charge in [-0.15, -0.1) is 0 Å². The summed E-state index contributed by atoms with van der Waals surface area (Å²) in [6.07, 6.45) is 0. The molecule has 0 unspecified atom stereocenters. The van der Waals surface area contributed by atoms with E-state index in [4.69, 9.17) is 13.9 Å². The van der Waals surface area contributed by atoms with Gasteiger partial charge in [-0.3, -0.25) is 4.79 Å². The second-order valence-corrected chi connectivity index (χ2v) is 4.94. The number of carbonyl (C=O) groups is 1. The molecule has 0 fully saturated rings. The van der Waals surface area contributed by atoms with Crippen LogP contribution >= 0.6 is 0 Å². The number of aromatic nitrogens is 1. The third-order valence-corrected chi connectivity index (χ3v) is 3.41. The van der Waals surface area contributed by atoms with Crippen molar-refractivity contribution in [3.05, 3.63) is 47.9 Å². The molecule has 0 saturated heterocycles. The van der Waals surface area contributed by atoms with Crippen LogP contribution in [0.3, 0.4) is 0 Å². The topological polar surface area (TPSA) is 73.6 Å². The summed E-state index contributed by atoms with van der Waals surface area (Å²) in [5.41, 5.74) is 2.34. The number of fused-ring (bicyclic) bond motifs is 1. The SMILES string of the molecule is COc1ccc(NC(=O)c2ccc3nc(C)oc3c2)c(OC)c1. The number of aryl methyl sites for hydroxylation is 1. The quantitative estimate of drug-likeness (QED) is 0.799. The van der Waals surface area contributed by atoms with Gasteiger partial charge in [0.15, 0.2) is 11.5 Å². The van der Waals surface area contributed by atoms with Gasteiger partial charge in [-0.2, -0.15) is 0 Å². The average Bonchev–Trinajstić information content (AvgIpc) is 2.94. The van der Waals surface area contributed by atoms with E-state index in [0.29, 0.717) is 34.2 Å². The summed E-state index contributed by atoms with van der Waals surface area (Å²) in [6.45, 7) is 1.77. The van der Waals surface area contributed by atoms with Crippen LogP contribution in [0.2, 0.25) is 0 Å². The summed E-state index contributed by atoms with van der Waals surface area (Å²) in [6, 6.07) is 10.3. The first-order valence-electron chi connectivity index (χ1n) is 7.01. The van der Waals surface area contributed by atoms with E-state index in [0.717, 1.165) is 5.52 Å². The molecule has 6 heteroatoms. The minimum atomic E-state index is -0.260. The van der Waals surface area contributed by atoms with Crippen LogP contribution in [0.1, 0.15) is 16.2 Å². The van der Waals surface area contributed by atoms with Crippen LogP contribution in [0.5, 0.6) is 11.5 Å². The predicted molar refractivity (Wildman–Crippen MR) is 86.2 cm³/mol. The van der Waals surface area contributed by atoms with E-state index in [1.54, 1.807) is 50.4 Å². The summed E-state index contributed by atoms with van der Waals surface area (Å²) < 4.78 is 15.9. The van der Waals surface area contributed by atoms with E-state index in [9.17, 15) is 4.79 Å². The molecule has 6 nitrogen and oxygen atoms in total. The van der Waals surface area contributed by atoms with Gasteiger partial charge in [0.25, 0.3) is 5.91 Å². The molecule has 0 spiro atoms. The number of methoxy groups -OCH3 is 2. The number of hydrogen-bond donors (Lipinski definition) is 1. The number of benzene rings is 2. The van der Waals surface area contributed by atoms with Gasteiger partial charge in [-0.1, -0.05) is 0 Å². The van der Waals surface area contributed by atoms with E-state index in [1.165, 1.54) is 7.11 Å². The highest BCUT2D eigenvalue weighted by molar-refractivity contribution is 6.06. The van der Waals surface area contributed by atoms with E-state index < -0.39 is 0 Å². The lowest BCUT2D eigenvalue weighted by Crippen LogP contribution is -2.12. The van der Waals surface area contributed by atoms with Crippen molar-refractivity contribution in [3.63, 3.8) is 0 Å². The smallest absolute Gasteiger partial charge is 0.255 e. The number of anilines is 1. The van der Waals surface area contributed by atoms with Crippen molar-refractivity contribution < 1.29 is 18.7 Å². The summed E-state index contributed by atoms with van der Waals surface area (Å²) in [5, 5.41) is 2.82. The van der Waals surface area contributed by atoms with Crippen molar-refractivity contribution in [2.75, 3.05) is 19.5 Å². The molecule has 1 aromatic heterocycles. The third kappa shape index (κ3) is 2.96. The Morgan fingerprint density at radius 3 is 2.70 bits per heavy atom. The molecule has 0 aliphatic carbocycles. The Hall–Kier alpha value is -3.02. The van der Waals surface area contributed by atoms with Crippen molar-refractivity contribution in [2.45, 2.75) is 6.92 Å². The molecule has 0 radical (unpaired) electrons. The van der Waals surface area contributed by atoms with Crippen molar-refractivity contribution >= 4 is 22.7 Å². The van der Waals surface area contributed by atoms with Crippen molar-refractivity contribution in [1.82, 2.24) is 4.98 Å². The molecule has 1 heterocycles. The molecule has 0 aliphatic rings. The minimum absolute atomic E-state index is 0.260. The number of hydrogen-bond acceptors (Lipinski definition) is 5. The van der Waals surface area contributed by atoms with Crippen LogP contribution in [0.15, 0.2) is 40.8 Å². The summed E-state index contributed by atoms with van der Waals surface area (Å²) in [7, 11) is 3.11. The number of nitrogens with one attached hydrogen (secondary N) is 1. The van der Waals surface area contributed by atoms with E-state index in [1.807, 2.05) is 0 Å². The largest absolute Gasteiger partial charge is 0.497 e. The first-order valence-corrected chi connectivity index (χ1v) is 7.01. The third-order valence-electron chi connectivity index (χ3n) is 3.41. The number of ether oxygens (including phenoxy) is 2. The fourth-order valence-electron chi connectivity index (χ4n) is 2.28. The zero-order chi connectivity index (χ0) is 16.4. The van der Waals surface area contributed by atoms with Crippen LogP contribution < -0.4 is 14.8 Å². The van der Waals surface area contributed by atoms with Gasteiger partial charge < -0.3 is 19.2 Å². The maximum absolute atomic E-state index is 12.4. The molecule has 3 rings (SSSR count). The highest BCUT2D eigenvalue weighted by Gasteiger charge is 2.13. The fraction of sp³-hybridized carbons (Fsp3) is 0.176. The Labute approximate surface area is 133 Å². The Balaban J connectivity index is 1.87. The monoisotopic (exact) mass is 312 g/mol.